The summed E-state index contributed by atoms with van der Waals surface area (Å²) in [7, 11) is 0. The first-order valence-electron chi connectivity index (χ1n) is 6.67. The molecule has 3 aromatic rings. The zero-order valence-corrected chi connectivity index (χ0v) is 12.7. The molecule has 3 rings (SSSR count). The van der Waals surface area contributed by atoms with Crippen LogP contribution in [0.15, 0.2) is 42.7 Å². The van der Waals surface area contributed by atoms with Gasteiger partial charge in [-0.2, -0.15) is 0 Å². The molecule has 0 aliphatic heterocycles. The standard InChI is InChI=1S/C16H11ClF3N3/c1-9-16(12-4-2-11(19)7-14(12)20)23(8-21-9)22-15-5-3-10(18)6-13(15)17/h2-8,22H,1H3. The largest absolute Gasteiger partial charge is 0.291 e. The number of hydrogen-bond donors (Lipinski definition) is 1. The van der Waals surface area contributed by atoms with Crippen molar-refractivity contribution in [3.05, 3.63) is 70.9 Å². The fourth-order valence-electron chi connectivity index (χ4n) is 2.24. The van der Waals surface area contributed by atoms with Gasteiger partial charge in [-0.25, -0.2) is 22.8 Å². The van der Waals surface area contributed by atoms with Crippen LogP contribution in [0.1, 0.15) is 5.69 Å². The zero-order chi connectivity index (χ0) is 16.6. The van der Waals surface area contributed by atoms with Crippen molar-refractivity contribution < 1.29 is 13.2 Å². The van der Waals surface area contributed by atoms with Gasteiger partial charge >= 0.3 is 0 Å². The van der Waals surface area contributed by atoms with Crippen LogP contribution in [0.4, 0.5) is 18.9 Å². The molecule has 0 saturated carbocycles. The summed E-state index contributed by atoms with van der Waals surface area (Å²) in [5, 5.41) is 0.168. The number of nitrogens with zero attached hydrogens (tertiary/aromatic N) is 2. The fraction of sp³-hybridized carbons (Fsp3) is 0.0625. The van der Waals surface area contributed by atoms with E-state index in [1.54, 1.807) is 6.92 Å². The second kappa shape index (κ2) is 5.96. The van der Waals surface area contributed by atoms with Crippen molar-refractivity contribution in [3.8, 4) is 11.3 Å². The molecule has 0 spiro atoms. The molecule has 0 fully saturated rings. The molecule has 0 amide bonds. The fourth-order valence-corrected chi connectivity index (χ4v) is 2.45. The highest BCUT2D eigenvalue weighted by molar-refractivity contribution is 6.33. The Labute approximate surface area is 135 Å². The van der Waals surface area contributed by atoms with Gasteiger partial charge in [0.15, 0.2) is 0 Å². The minimum absolute atomic E-state index is 0.168. The number of rotatable bonds is 3. The molecule has 3 nitrogen and oxygen atoms in total. The Bertz CT molecular complexity index is 877. The van der Waals surface area contributed by atoms with E-state index in [0.29, 0.717) is 17.1 Å². The molecular formula is C16H11ClF3N3. The first-order chi connectivity index (χ1) is 11.0. The number of aromatic nitrogens is 2. The third-order valence-electron chi connectivity index (χ3n) is 3.31. The molecule has 0 unspecified atom stereocenters. The van der Waals surface area contributed by atoms with Crippen LogP contribution in [0.5, 0.6) is 0 Å². The van der Waals surface area contributed by atoms with Crippen LogP contribution in [0.3, 0.4) is 0 Å². The number of imidazole rings is 1. The maximum Gasteiger partial charge on any atom is 0.135 e. The van der Waals surface area contributed by atoms with Gasteiger partial charge in [0.25, 0.3) is 0 Å². The lowest BCUT2D eigenvalue weighted by Crippen LogP contribution is -2.10. The highest BCUT2D eigenvalue weighted by Crippen LogP contribution is 2.28. The first kappa shape index (κ1) is 15.4. The van der Waals surface area contributed by atoms with Crippen molar-refractivity contribution in [2.45, 2.75) is 6.92 Å². The molecule has 0 bridgehead atoms. The van der Waals surface area contributed by atoms with E-state index >= 15 is 0 Å². The Morgan fingerprint density at radius 2 is 1.74 bits per heavy atom. The molecule has 0 aliphatic carbocycles. The molecule has 0 aliphatic rings. The molecule has 118 valence electrons. The first-order valence-corrected chi connectivity index (χ1v) is 7.05. The Kier molecular flexibility index (Phi) is 4.00. The second-order valence-electron chi connectivity index (χ2n) is 4.91. The molecule has 0 saturated heterocycles. The molecule has 23 heavy (non-hydrogen) atoms. The van der Waals surface area contributed by atoms with Crippen molar-refractivity contribution in [2.24, 2.45) is 0 Å². The van der Waals surface area contributed by atoms with Crippen molar-refractivity contribution in [1.29, 1.82) is 0 Å². The zero-order valence-electron chi connectivity index (χ0n) is 11.9. The number of hydrogen-bond acceptors (Lipinski definition) is 2. The van der Waals surface area contributed by atoms with Crippen molar-refractivity contribution >= 4 is 17.3 Å². The molecular weight excluding hydrogens is 327 g/mol. The predicted molar refractivity (Wildman–Crippen MR) is 82.7 cm³/mol. The summed E-state index contributed by atoms with van der Waals surface area (Å²) in [5.74, 6) is -1.83. The van der Waals surface area contributed by atoms with E-state index in [-0.39, 0.29) is 10.6 Å². The summed E-state index contributed by atoms with van der Waals surface area (Å²) in [4.78, 5) is 4.12. The average Bonchev–Trinajstić information content (AvgIpc) is 2.83. The van der Waals surface area contributed by atoms with Gasteiger partial charge in [0.2, 0.25) is 0 Å². The topological polar surface area (TPSA) is 29.9 Å². The molecule has 1 N–H and O–H groups in total. The van der Waals surface area contributed by atoms with Crippen LogP contribution in [0.2, 0.25) is 5.02 Å². The number of anilines is 1. The second-order valence-corrected chi connectivity index (χ2v) is 5.32. The minimum Gasteiger partial charge on any atom is -0.291 e. The summed E-state index contributed by atoms with van der Waals surface area (Å²) in [6.45, 7) is 1.70. The molecule has 1 heterocycles. The van der Waals surface area contributed by atoms with Crippen LogP contribution < -0.4 is 5.43 Å². The van der Waals surface area contributed by atoms with Gasteiger partial charge in [0, 0.05) is 11.6 Å². The van der Waals surface area contributed by atoms with E-state index in [4.69, 9.17) is 11.6 Å². The number of aryl methyl sites for hydroxylation is 1. The predicted octanol–water partition coefficient (Wildman–Crippen LogP) is 4.80. The maximum absolute atomic E-state index is 14.1. The van der Waals surface area contributed by atoms with Crippen LogP contribution in [0.25, 0.3) is 11.3 Å². The third-order valence-corrected chi connectivity index (χ3v) is 3.62. The van der Waals surface area contributed by atoms with E-state index in [9.17, 15) is 13.2 Å². The summed E-state index contributed by atoms with van der Waals surface area (Å²) < 4.78 is 41.7. The molecule has 1 aromatic heterocycles. The highest BCUT2D eigenvalue weighted by Gasteiger charge is 2.16. The lowest BCUT2D eigenvalue weighted by atomic mass is 10.1. The molecule has 7 heteroatoms. The summed E-state index contributed by atoms with van der Waals surface area (Å²) in [6, 6.07) is 7.16. The average molecular weight is 338 g/mol. The summed E-state index contributed by atoms with van der Waals surface area (Å²) in [5.41, 5.74) is 4.50. The number of halogens is 4. The Hall–Kier alpha value is -2.47. The van der Waals surface area contributed by atoms with Gasteiger partial charge in [0.1, 0.15) is 23.8 Å². The smallest absolute Gasteiger partial charge is 0.135 e. The molecule has 2 aromatic carbocycles. The van der Waals surface area contributed by atoms with Crippen molar-refractivity contribution in [3.63, 3.8) is 0 Å². The van der Waals surface area contributed by atoms with Crippen molar-refractivity contribution in [1.82, 2.24) is 9.66 Å². The van der Waals surface area contributed by atoms with E-state index < -0.39 is 17.5 Å². The normalized spacial score (nSPS) is 10.8. The number of nitrogens with one attached hydrogen (secondary N) is 1. The SMILES string of the molecule is Cc1ncn(Nc2ccc(F)cc2Cl)c1-c1ccc(F)cc1F. The monoisotopic (exact) mass is 337 g/mol. The minimum atomic E-state index is -0.707. The van der Waals surface area contributed by atoms with E-state index in [1.807, 2.05) is 0 Å². The highest BCUT2D eigenvalue weighted by atomic mass is 35.5. The van der Waals surface area contributed by atoms with Crippen LogP contribution in [-0.2, 0) is 0 Å². The summed E-state index contributed by atoms with van der Waals surface area (Å²) in [6.07, 6.45) is 1.44. The van der Waals surface area contributed by atoms with Gasteiger partial charge in [-0.3, -0.25) is 5.43 Å². The Morgan fingerprint density at radius 3 is 2.43 bits per heavy atom. The van der Waals surface area contributed by atoms with E-state index in [0.717, 1.165) is 12.1 Å². The van der Waals surface area contributed by atoms with Crippen LogP contribution >= 0.6 is 11.6 Å². The lowest BCUT2D eigenvalue weighted by molar-refractivity contribution is 0.585. The summed E-state index contributed by atoms with van der Waals surface area (Å²) >= 11 is 5.98. The van der Waals surface area contributed by atoms with Crippen LogP contribution in [0, 0.1) is 24.4 Å². The lowest BCUT2D eigenvalue weighted by Gasteiger charge is -2.14. The Balaban J connectivity index is 2.05. The maximum atomic E-state index is 14.1. The van der Waals surface area contributed by atoms with Crippen LogP contribution in [-0.4, -0.2) is 9.66 Å². The van der Waals surface area contributed by atoms with Gasteiger partial charge < -0.3 is 0 Å². The number of benzene rings is 2. The Morgan fingerprint density at radius 1 is 1.04 bits per heavy atom. The quantitative estimate of drug-likeness (QED) is 0.743. The van der Waals surface area contributed by atoms with Gasteiger partial charge in [-0.05, 0) is 37.3 Å². The van der Waals surface area contributed by atoms with Crippen molar-refractivity contribution in [2.75, 3.05) is 5.43 Å². The molecule has 0 atom stereocenters. The van der Waals surface area contributed by atoms with Gasteiger partial charge in [0.05, 0.1) is 22.1 Å². The van der Waals surface area contributed by atoms with Gasteiger partial charge in [-0.15, -0.1) is 0 Å². The van der Waals surface area contributed by atoms with E-state index in [1.165, 1.54) is 35.3 Å². The molecule has 0 radical (unpaired) electrons. The third kappa shape index (κ3) is 3.03. The van der Waals surface area contributed by atoms with Gasteiger partial charge in [-0.1, -0.05) is 11.6 Å². The van der Waals surface area contributed by atoms with E-state index in [2.05, 4.69) is 10.4 Å².